The molecule has 94 valence electrons. The van der Waals surface area contributed by atoms with Gasteiger partial charge in [0.1, 0.15) is 0 Å². The third kappa shape index (κ3) is 3.57. The van der Waals surface area contributed by atoms with Gasteiger partial charge in [-0.3, -0.25) is 0 Å². The number of hydrogen-bond donors (Lipinski definition) is 1. The van der Waals surface area contributed by atoms with Gasteiger partial charge in [-0.25, -0.2) is 0 Å². The Labute approximate surface area is 112 Å². The van der Waals surface area contributed by atoms with Crippen molar-refractivity contribution in [3.63, 3.8) is 0 Å². The first-order valence-corrected chi connectivity index (χ1v) is 6.26. The monoisotopic (exact) mass is 261 g/mol. The van der Waals surface area contributed by atoms with Gasteiger partial charge in [0.05, 0.1) is 13.2 Å². The van der Waals surface area contributed by atoms with Crippen LogP contribution in [0.2, 0.25) is 5.02 Å². The molecular weight excluding hydrogens is 246 g/mol. The third-order valence-electron chi connectivity index (χ3n) is 2.75. The van der Waals surface area contributed by atoms with Crippen molar-refractivity contribution in [1.82, 2.24) is 0 Å². The molecular formula is C15H16ClNO. The fraction of sp³-hybridized carbons (Fsp3) is 0.200. The maximum Gasteiger partial charge on any atom is 0.0724 e. The molecule has 0 unspecified atom stereocenters. The molecule has 0 aliphatic carbocycles. The molecule has 2 nitrogen and oxygen atoms in total. The van der Waals surface area contributed by atoms with Crippen LogP contribution in [0.15, 0.2) is 48.5 Å². The lowest BCUT2D eigenvalue weighted by Gasteiger charge is -2.08. The minimum absolute atomic E-state index is 0.538. The van der Waals surface area contributed by atoms with Crippen LogP contribution in [-0.2, 0) is 24.5 Å². The van der Waals surface area contributed by atoms with Gasteiger partial charge in [0.25, 0.3) is 0 Å². The standard InChI is InChI=1S/C15H16ClNO/c16-15-7-3-4-12(8-15)10-18-11-14-6-2-1-5-13(14)9-17/h1-8H,9-11,17H2. The summed E-state index contributed by atoms with van der Waals surface area (Å²) in [6.45, 7) is 1.66. The van der Waals surface area contributed by atoms with E-state index < -0.39 is 0 Å². The highest BCUT2D eigenvalue weighted by molar-refractivity contribution is 6.30. The molecule has 2 aromatic carbocycles. The molecule has 3 heteroatoms. The fourth-order valence-electron chi connectivity index (χ4n) is 1.80. The smallest absolute Gasteiger partial charge is 0.0724 e. The fourth-order valence-corrected chi connectivity index (χ4v) is 2.02. The molecule has 0 heterocycles. The van der Waals surface area contributed by atoms with Crippen molar-refractivity contribution < 1.29 is 4.74 Å². The van der Waals surface area contributed by atoms with E-state index in [1.54, 1.807) is 0 Å². The summed E-state index contributed by atoms with van der Waals surface area (Å²) in [6, 6.07) is 15.7. The van der Waals surface area contributed by atoms with E-state index >= 15 is 0 Å². The topological polar surface area (TPSA) is 35.2 Å². The molecule has 0 radical (unpaired) electrons. The Balaban J connectivity index is 1.92. The molecule has 2 N–H and O–H groups in total. The van der Waals surface area contributed by atoms with Gasteiger partial charge in [0.2, 0.25) is 0 Å². The van der Waals surface area contributed by atoms with Crippen LogP contribution in [0.25, 0.3) is 0 Å². The van der Waals surface area contributed by atoms with Gasteiger partial charge in [-0.1, -0.05) is 48.0 Å². The number of ether oxygens (including phenoxy) is 1. The molecule has 2 rings (SSSR count). The summed E-state index contributed by atoms with van der Waals surface area (Å²) in [5.41, 5.74) is 9.03. The second-order valence-electron chi connectivity index (χ2n) is 4.10. The van der Waals surface area contributed by atoms with Crippen LogP contribution in [-0.4, -0.2) is 0 Å². The summed E-state index contributed by atoms with van der Waals surface area (Å²) < 4.78 is 5.69. The van der Waals surface area contributed by atoms with E-state index in [1.165, 1.54) is 0 Å². The Hall–Kier alpha value is -1.35. The highest BCUT2D eigenvalue weighted by Crippen LogP contribution is 2.14. The zero-order valence-electron chi connectivity index (χ0n) is 10.1. The zero-order chi connectivity index (χ0) is 12.8. The van der Waals surface area contributed by atoms with Crippen molar-refractivity contribution in [3.05, 3.63) is 70.2 Å². The van der Waals surface area contributed by atoms with Crippen LogP contribution in [0.5, 0.6) is 0 Å². The average Bonchev–Trinajstić information content (AvgIpc) is 2.39. The van der Waals surface area contributed by atoms with Crippen LogP contribution in [0, 0.1) is 0 Å². The van der Waals surface area contributed by atoms with Crippen molar-refractivity contribution in [2.75, 3.05) is 0 Å². The van der Waals surface area contributed by atoms with E-state index in [0.717, 1.165) is 21.7 Å². The molecule has 0 saturated carbocycles. The van der Waals surface area contributed by atoms with E-state index in [2.05, 4.69) is 0 Å². The minimum atomic E-state index is 0.538. The number of halogens is 1. The minimum Gasteiger partial charge on any atom is -0.372 e. The Morgan fingerprint density at radius 1 is 0.944 bits per heavy atom. The number of nitrogens with two attached hydrogens (primary N) is 1. The Kier molecular flexibility index (Phi) is 4.76. The first kappa shape index (κ1) is 13.1. The Bertz CT molecular complexity index is 513. The molecule has 0 amide bonds. The molecule has 0 aliphatic rings. The second-order valence-corrected chi connectivity index (χ2v) is 4.53. The molecule has 2 aromatic rings. The van der Waals surface area contributed by atoms with Crippen LogP contribution in [0.1, 0.15) is 16.7 Å². The van der Waals surface area contributed by atoms with Gasteiger partial charge < -0.3 is 10.5 Å². The van der Waals surface area contributed by atoms with E-state index in [4.69, 9.17) is 22.1 Å². The number of benzene rings is 2. The largest absolute Gasteiger partial charge is 0.372 e. The molecule has 0 spiro atoms. The van der Waals surface area contributed by atoms with E-state index in [9.17, 15) is 0 Å². The van der Waals surface area contributed by atoms with Gasteiger partial charge in [0, 0.05) is 11.6 Å². The van der Waals surface area contributed by atoms with Gasteiger partial charge in [-0.15, -0.1) is 0 Å². The maximum absolute atomic E-state index is 5.92. The van der Waals surface area contributed by atoms with Crippen LogP contribution in [0.4, 0.5) is 0 Å². The van der Waals surface area contributed by atoms with E-state index in [1.807, 2.05) is 48.5 Å². The molecule has 18 heavy (non-hydrogen) atoms. The Morgan fingerprint density at radius 3 is 2.44 bits per heavy atom. The van der Waals surface area contributed by atoms with Gasteiger partial charge in [-0.2, -0.15) is 0 Å². The second kappa shape index (κ2) is 6.55. The van der Waals surface area contributed by atoms with Crippen molar-refractivity contribution in [2.45, 2.75) is 19.8 Å². The summed E-state index contributed by atoms with van der Waals surface area (Å²) in [4.78, 5) is 0. The number of rotatable bonds is 5. The van der Waals surface area contributed by atoms with E-state index in [0.29, 0.717) is 19.8 Å². The lowest BCUT2D eigenvalue weighted by molar-refractivity contribution is 0.106. The highest BCUT2D eigenvalue weighted by atomic mass is 35.5. The normalized spacial score (nSPS) is 10.6. The molecule has 0 atom stereocenters. The van der Waals surface area contributed by atoms with Crippen LogP contribution < -0.4 is 5.73 Å². The summed E-state index contributed by atoms with van der Waals surface area (Å²) in [7, 11) is 0. The Morgan fingerprint density at radius 2 is 1.72 bits per heavy atom. The quantitative estimate of drug-likeness (QED) is 0.894. The summed E-state index contributed by atoms with van der Waals surface area (Å²) in [5, 5.41) is 0.735. The molecule has 0 saturated heterocycles. The van der Waals surface area contributed by atoms with Crippen molar-refractivity contribution in [1.29, 1.82) is 0 Å². The first-order valence-electron chi connectivity index (χ1n) is 5.88. The van der Waals surface area contributed by atoms with Gasteiger partial charge in [-0.05, 0) is 28.8 Å². The van der Waals surface area contributed by atoms with Crippen LogP contribution >= 0.6 is 11.6 Å². The highest BCUT2D eigenvalue weighted by Gasteiger charge is 2.00. The van der Waals surface area contributed by atoms with Crippen molar-refractivity contribution in [2.24, 2.45) is 5.73 Å². The predicted molar refractivity (Wildman–Crippen MR) is 74.3 cm³/mol. The first-order chi connectivity index (χ1) is 8.79. The average molecular weight is 262 g/mol. The summed E-state index contributed by atoms with van der Waals surface area (Å²) in [5.74, 6) is 0. The van der Waals surface area contributed by atoms with E-state index in [-0.39, 0.29) is 0 Å². The van der Waals surface area contributed by atoms with Gasteiger partial charge in [0.15, 0.2) is 0 Å². The number of hydrogen-bond acceptors (Lipinski definition) is 2. The molecule has 0 fully saturated rings. The van der Waals surface area contributed by atoms with Crippen molar-refractivity contribution >= 4 is 11.6 Å². The van der Waals surface area contributed by atoms with Gasteiger partial charge >= 0.3 is 0 Å². The van der Waals surface area contributed by atoms with Crippen molar-refractivity contribution in [3.8, 4) is 0 Å². The SMILES string of the molecule is NCc1ccccc1COCc1cccc(Cl)c1. The molecule has 0 bridgehead atoms. The summed E-state index contributed by atoms with van der Waals surface area (Å²) >= 11 is 5.92. The maximum atomic E-state index is 5.92. The molecule has 0 aromatic heterocycles. The lowest BCUT2D eigenvalue weighted by atomic mass is 10.1. The predicted octanol–water partition coefficient (Wildman–Crippen LogP) is 3.52. The van der Waals surface area contributed by atoms with Crippen LogP contribution in [0.3, 0.4) is 0 Å². The zero-order valence-corrected chi connectivity index (χ0v) is 10.9. The summed E-state index contributed by atoms with van der Waals surface area (Å²) in [6.07, 6.45) is 0. The third-order valence-corrected chi connectivity index (χ3v) is 2.99. The molecule has 0 aliphatic heterocycles. The lowest BCUT2D eigenvalue weighted by Crippen LogP contribution is -2.03.